The van der Waals surface area contributed by atoms with Gasteiger partial charge in [-0.1, -0.05) is 53.5 Å². The first-order valence-electron chi connectivity index (χ1n) is 9.43. The SMILES string of the molecule is CCOc1nc2c(c(-c3cccc(Cl)c3)c1C#N)CC/C2=C\c1ccccc1Cl. The Hall–Kier alpha value is -2.80. The zero-order chi connectivity index (χ0) is 20.4. The van der Waals surface area contributed by atoms with Crippen LogP contribution in [0.15, 0.2) is 48.5 Å². The van der Waals surface area contributed by atoms with Gasteiger partial charge >= 0.3 is 0 Å². The molecule has 0 aliphatic heterocycles. The highest BCUT2D eigenvalue weighted by atomic mass is 35.5. The van der Waals surface area contributed by atoms with E-state index in [1.165, 1.54) is 0 Å². The van der Waals surface area contributed by atoms with E-state index in [1.807, 2.05) is 55.5 Å². The van der Waals surface area contributed by atoms with Crippen molar-refractivity contribution in [1.82, 2.24) is 4.98 Å². The van der Waals surface area contributed by atoms with E-state index >= 15 is 0 Å². The van der Waals surface area contributed by atoms with Crippen LogP contribution in [0.1, 0.15) is 35.7 Å². The number of aromatic nitrogens is 1. The Morgan fingerprint density at radius 1 is 1.14 bits per heavy atom. The van der Waals surface area contributed by atoms with E-state index in [4.69, 9.17) is 32.9 Å². The van der Waals surface area contributed by atoms with Crippen molar-refractivity contribution < 1.29 is 4.74 Å². The number of halogens is 2. The van der Waals surface area contributed by atoms with Crippen molar-refractivity contribution in [2.45, 2.75) is 19.8 Å². The number of pyridine rings is 1. The second-order valence-electron chi connectivity index (χ2n) is 6.74. The van der Waals surface area contributed by atoms with Gasteiger partial charge in [0.05, 0.1) is 12.3 Å². The molecule has 1 aromatic heterocycles. The first-order chi connectivity index (χ1) is 14.1. The molecule has 3 nitrogen and oxygen atoms in total. The van der Waals surface area contributed by atoms with Gasteiger partial charge in [-0.3, -0.25) is 0 Å². The van der Waals surface area contributed by atoms with Gasteiger partial charge in [0.1, 0.15) is 11.6 Å². The summed E-state index contributed by atoms with van der Waals surface area (Å²) in [5.74, 6) is 0.357. The van der Waals surface area contributed by atoms with Crippen molar-refractivity contribution in [1.29, 1.82) is 5.26 Å². The molecule has 0 amide bonds. The summed E-state index contributed by atoms with van der Waals surface area (Å²) < 4.78 is 5.75. The number of benzene rings is 2. The second kappa shape index (κ2) is 8.29. The third kappa shape index (κ3) is 3.74. The molecule has 0 saturated heterocycles. The van der Waals surface area contributed by atoms with Crippen LogP contribution in [0.25, 0.3) is 22.8 Å². The number of rotatable bonds is 4. The summed E-state index contributed by atoms with van der Waals surface area (Å²) >= 11 is 12.6. The van der Waals surface area contributed by atoms with Crippen LogP contribution in [0.5, 0.6) is 5.88 Å². The van der Waals surface area contributed by atoms with E-state index in [0.29, 0.717) is 28.1 Å². The van der Waals surface area contributed by atoms with Gasteiger partial charge in [-0.25, -0.2) is 4.98 Å². The van der Waals surface area contributed by atoms with Crippen LogP contribution in [0, 0.1) is 11.3 Å². The first-order valence-corrected chi connectivity index (χ1v) is 10.2. The molecule has 0 radical (unpaired) electrons. The Morgan fingerprint density at radius 3 is 2.69 bits per heavy atom. The van der Waals surface area contributed by atoms with Gasteiger partial charge in [0.15, 0.2) is 0 Å². The molecule has 0 atom stereocenters. The lowest BCUT2D eigenvalue weighted by molar-refractivity contribution is 0.325. The summed E-state index contributed by atoms with van der Waals surface area (Å²) in [5, 5.41) is 11.2. The molecule has 2 aromatic carbocycles. The molecule has 29 heavy (non-hydrogen) atoms. The molecule has 0 unspecified atom stereocenters. The molecule has 1 heterocycles. The number of fused-ring (bicyclic) bond motifs is 1. The van der Waals surface area contributed by atoms with Crippen molar-refractivity contribution in [3.8, 4) is 23.1 Å². The Kier molecular flexibility index (Phi) is 5.58. The quantitative estimate of drug-likeness (QED) is 0.465. The summed E-state index contributed by atoms with van der Waals surface area (Å²) in [7, 11) is 0. The number of hydrogen-bond acceptors (Lipinski definition) is 3. The molecule has 1 aliphatic rings. The molecule has 0 saturated carbocycles. The van der Waals surface area contributed by atoms with Crippen LogP contribution in [0.4, 0.5) is 0 Å². The average molecular weight is 421 g/mol. The van der Waals surface area contributed by atoms with Crippen molar-refractivity contribution >= 4 is 34.9 Å². The zero-order valence-electron chi connectivity index (χ0n) is 15.9. The molecule has 0 N–H and O–H groups in total. The van der Waals surface area contributed by atoms with Gasteiger partial charge in [0, 0.05) is 15.6 Å². The lowest BCUT2D eigenvalue weighted by Gasteiger charge is -2.15. The molecule has 0 bridgehead atoms. The Morgan fingerprint density at radius 2 is 1.97 bits per heavy atom. The van der Waals surface area contributed by atoms with Crippen molar-refractivity contribution in [2.24, 2.45) is 0 Å². The smallest absolute Gasteiger partial charge is 0.232 e. The fourth-order valence-corrected chi connectivity index (χ4v) is 4.10. The molecular formula is C24H18Cl2N2O. The second-order valence-corrected chi connectivity index (χ2v) is 7.58. The predicted molar refractivity (Wildman–Crippen MR) is 118 cm³/mol. The minimum Gasteiger partial charge on any atom is -0.477 e. The lowest BCUT2D eigenvalue weighted by Crippen LogP contribution is -2.04. The molecule has 3 aromatic rings. The van der Waals surface area contributed by atoms with E-state index in [-0.39, 0.29) is 0 Å². The highest BCUT2D eigenvalue weighted by molar-refractivity contribution is 6.32. The van der Waals surface area contributed by atoms with E-state index in [0.717, 1.165) is 46.4 Å². The highest BCUT2D eigenvalue weighted by Crippen LogP contribution is 2.43. The Bertz CT molecular complexity index is 1160. The van der Waals surface area contributed by atoms with Crippen LogP contribution in [-0.2, 0) is 6.42 Å². The summed E-state index contributed by atoms with van der Waals surface area (Å²) in [5.41, 5.74) is 6.14. The van der Waals surface area contributed by atoms with Gasteiger partial charge in [0.2, 0.25) is 5.88 Å². The van der Waals surface area contributed by atoms with Gasteiger partial charge in [-0.05, 0) is 66.3 Å². The van der Waals surface area contributed by atoms with Gasteiger partial charge in [0.25, 0.3) is 0 Å². The fraction of sp³-hybridized carbons (Fsp3) is 0.167. The number of nitriles is 1. The van der Waals surface area contributed by atoms with Gasteiger partial charge in [-0.15, -0.1) is 0 Å². The third-order valence-electron chi connectivity index (χ3n) is 4.95. The van der Waals surface area contributed by atoms with Crippen LogP contribution < -0.4 is 4.74 Å². The lowest BCUT2D eigenvalue weighted by atomic mass is 9.95. The zero-order valence-corrected chi connectivity index (χ0v) is 17.4. The normalized spacial score (nSPS) is 13.9. The number of nitrogens with zero attached hydrogens (tertiary/aromatic N) is 2. The molecule has 0 fully saturated rings. The van der Waals surface area contributed by atoms with Crippen molar-refractivity contribution in [3.05, 3.63) is 81.0 Å². The van der Waals surface area contributed by atoms with Crippen molar-refractivity contribution in [2.75, 3.05) is 6.61 Å². The van der Waals surface area contributed by atoms with E-state index < -0.39 is 0 Å². The maximum atomic E-state index is 9.89. The number of hydrogen-bond donors (Lipinski definition) is 0. The maximum Gasteiger partial charge on any atom is 0.232 e. The van der Waals surface area contributed by atoms with E-state index in [9.17, 15) is 5.26 Å². The highest BCUT2D eigenvalue weighted by Gasteiger charge is 2.28. The van der Waals surface area contributed by atoms with Gasteiger partial charge < -0.3 is 4.74 Å². The molecule has 1 aliphatic carbocycles. The van der Waals surface area contributed by atoms with Crippen LogP contribution >= 0.6 is 23.2 Å². The minimum atomic E-state index is 0.357. The van der Waals surface area contributed by atoms with Crippen molar-refractivity contribution in [3.63, 3.8) is 0 Å². The predicted octanol–water partition coefficient (Wildman–Crippen LogP) is 6.81. The number of allylic oxidation sites excluding steroid dienone is 1. The topological polar surface area (TPSA) is 45.9 Å². The summed E-state index contributed by atoms with van der Waals surface area (Å²) in [6.07, 6.45) is 3.69. The van der Waals surface area contributed by atoms with E-state index in [1.54, 1.807) is 0 Å². The molecule has 4 rings (SSSR count). The maximum absolute atomic E-state index is 9.89. The number of ether oxygens (including phenoxy) is 1. The summed E-state index contributed by atoms with van der Waals surface area (Å²) in [4.78, 5) is 4.74. The average Bonchev–Trinajstić information content (AvgIpc) is 3.11. The van der Waals surface area contributed by atoms with Crippen LogP contribution in [0.3, 0.4) is 0 Å². The Balaban J connectivity index is 1.96. The third-order valence-corrected chi connectivity index (χ3v) is 5.53. The largest absolute Gasteiger partial charge is 0.477 e. The molecule has 5 heteroatoms. The first kappa shape index (κ1) is 19.5. The fourth-order valence-electron chi connectivity index (χ4n) is 3.72. The summed E-state index contributed by atoms with van der Waals surface area (Å²) in [6.45, 7) is 2.31. The standard InChI is InChI=1S/C24H18Cl2N2O/c1-2-29-24-20(14-27)22(16-7-5-8-18(25)13-16)19-11-10-17(23(19)28-24)12-15-6-3-4-9-21(15)26/h3-9,12-13H,2,10-11H2,1H3/b17-12+. The molecule has 0 spiro atoms. The van der Waals surface area contributed by atoms with Crippen LogP contribution in [0.2, 0.25) is 10.0 Å². The van der Waals surface area contributed by atoms with Crippen LogP contribution in [-0.4, -0.2) is 11.6 Å². The Labute approximate surface area is 180 Å². The van der Waals surface area contributed by atoms with Gasteiger partial charge in [-0.2, -0.15) is 5.26 Å². The van der Waals surface area contributed by atoms with E-state index in [2.05, 4.69) is 12.1 Å². The molecular weight excluding hydrogens is 403 g/mol. The summed E-state index contributed by atoms with van der Waals surface area (Å²) in [6, 6.07) is 17.6. The minimum absolute atomic E-state index is 0.357. The molecule has 144 valence electrons. The monoisotopic (exact) mass is 420 g/mol.